The summed E-state index contributed by atoms with van der Waals surface area (Å²) in [5.74, 6) is 1.03. The molecule has 26 heavy (non-hydrogen) atoms. The summed E-state index contributed by atoms with van der Waals surface area (Å²) in [5.41, 5.74) is 0.864. The zero-order chi connectivity index (χ0) is 18.8. The van der Waals surface area contributed by atoms with Crippen molar-refractivity contribution < 1.29 is 18.3 Å². The lowest BCUT2D eigenvalue weighted by molar-refractivity contribution is -0.0512. The van der Waals surface area contributed by atoms with Gasteiger partial charge in [0.25, 0.3) is 0 Å². The molecular weight excluding hydrogens is 360 g/mol. The van der Waals surface area contributed by atoms with Gasteiger partial charge >= 0.3 is 6.61 Å². The van der Waals surface area contributed by atoms with Crippen LogP contribution in [0.2, 0.25) is 0 Å². The molecule has 0 aliphatic heterocycles. The van der Waals surface area contributed by atoms with E-state index in [2.05, 4.69) is 31.8 Å². The lowest BCUT2D eigenvalue weighted by atomic mass is 10.1. The summed E-state index contributed by atoms with van der Waals surface area (Å²) in [5, 5.41) is 8.52. The van der Waals surface area contributed by atoms with Gasteiger partial charge in [-0.1, -0.05) is 12.1 Å². The zero-order valence-corrected chi connectivity index (χ0v) is 15.6. The molecule has 0 saturated carbocycles. The monoisotopic (exact) mass is 383 g/mol. The maximum atomic E-state index is 12.5. The molecule has 8 heteroatoms. The molecule has 2 N–H and O–H groups in total. The topological polar surface area (TPSA) is 54.9 Å². The minimum absolute atomic E-state index is 0.0402. The van der Waals surface area contributed by atoms with Gasteiger partial charge in [0.1, 0.15) is 0 Å². The van der Waals surface area contributed by atoms with Crippen LogP contribution in [-0.2, 0) is 12.8 Å². The fraction of sp³-hybridized carbons (Fsp3) is 0.389. The van der Waals surface area contributed by atoms with Gasteiger partial charge in [-0.05, 0) is 42.0 Å². The van der Waals surface area contributed by atoms with Gasteiger partial charge in [0.05, 0.1) is 7.11 Å². The number of nitrogens with zero attached hydrogens (tertiary/aromatic N) is 1. The third kappa shape index (κ3) is 6.51. The highest BCUT2D eigenvalue weighted by molar-refractivity contribution is 7.09. The molecule has 0 aliphatic rings. The fourth-order valence-electron chi connectivity index (χ4n) is 2.37. The molecule has 0 saturated heterocycles. The molecule has 0 bridgehead atoms. The second kappa shape index (κ2) is 10.6. The maximum absolute atomic E-state index is 12.5. The second-order valence-corrected chi connectivity index (χ2v) is 6.40. The maximum Gasteiger partial charge on any atom is 0.387 e. The fourth-order valence-corrected chi connectivity index (χ4v) is 3.08. The third-order valence-corrected chi connectivity index (χ3v) is 4.55. The number of hydrogen-bond donors (Lipinski definition) is 2. The SMILES string of the molecule is CN=C(NCCc1ccc(OC)c(OC(F)F)c1)NCCc1cccs1. The number of hydrogen-bond acceptors (Lipinski definition) is 4. The summed E-state index contributed by atoms with van der Waals surface area (Å²) < 4.78 is 34.5. The molecule has 2 rings (SSSR count). The first-order valence-electron chi connectivity index (χ1n) is 8.21. The number of nitrogens with one attached hydrogen (secondary N) is 2. The van der Waals surface area contributed by atoms with Crippen molar-refractivity contribution >= 4 is 17.3 Å². The van der Waals surface area contributed by atoms with E-state index in [0.717, 1.165) is 18.5 Å². The van der Waals surface area contributed by atoms with Crippen LogP contribution in [-0.4, -0.2) is 39.8 Å². The van der Waals surface area contributed by atoms with Crippen molar-refractivity contribution in [2.75, 3.05) is 27.2 Å². The Kier molecular flexibility index (Phi) is 8.14. The number of methoxy groups -OCH3 is 1. The smallest absolute Gasteiger partial charge is 0.387 e. The van der Waals surface area contributed by atoms with Gasteiger partial charge in [0.2, 0.25) is 0 Å². The number of aliphatic imine (C=N–C) groups is 1. The van der Waals surface area contributed by atoms with E-state index in [1.54, 1.807) is 30.5 Å². The van der Waals surface area contributed by atoms with Crippen LogP contribution >= 0.6 is 11.3 Å². The van der Waals surface area contributed by atoms with Crippen LogP contribution in [0.3, 0.4) is 0 Å². The minimum Gasteiger partial charge on any atom is -0.493 e. The standard InChI is InChI=1S/C18H23F2N3O2S/c1-21-18(23-10-8-14-4-3-11-26-14)22-9-7-13-5-6-15(24-2)16(12-13)25-17(19)20/h3-6,11-12,17H,7-10H2,1-2H3,(H2,21,22,23). The predicted molar refractivity (Wildman–Crippen MR) is 101 cm³/mol. The number of rotatable bonds is 9. The van der Waals surface area contributed by atoms with Crippen LogP contribution in [0.15, 0.2) is 40.7 Å². The van der Waals surface area contributed by atoms with Crippen molar-refractivity contribution in [1.82, 2.24) is 10.6 Å². The van der Waals surface area contributed by atoms with Crippen LogP contribution in [0, 0.1) is 0 Å². The normalized spacial score (nSPS) is 11.5. The Bertz CT molecular complexity index is 694. The van der Waals surface area contributed by atoms with E-state index in [0.29, 0.717) is 18.9 Å². The second-order valence-electron chi connectivity index (χ2n) is 5.37. The molecule has 0 amide bonds. The Morgan fingerprint density at radius 1 is 1.15 bits per heavy atom. The molecule has 1 aromatic heterocycles. The van der Waals surface area contributed by atoms with Gasteiger partial charge in [-0.2, -0.15) is 8.78 Å². The highest BCUT2D eigenvalue weighted by atomic mass is 32.1. The quantitative estimate of drug-likeness (QED) is 0.515. The molecule has 0 fully saturated rings. The summed E-state index contributed by atoms with van der Waals surface area (Å²) >= 11 is 1.73. The molecule has 1 heterocycles. The van der Waals surface area contributed by atoms with Crippen molar-refractivity contribution in [3.63, 3.8) is 0 Å². The van der Waals surface area contributed by atoms with Crippen LogP contribution < -0.4 is 20.1 Å². The van der Waals surface area contributed by atoms with Crippen LogP contribution in [0.25, 0.3) is 0 Å². The molecule has 5 nitrogen and oxygen atoms in total. The molecule has 0 radical (unpaired) electrons. The number of benzene rings is 1. The first-order valence-corrected chi connectivity index (χ1v) is 9.09. The first kappa shape index (κ1) is 20.0. The van der Waals surface area contributed by atoms with Gasteiger partial charge < -0.3 is 20.1 Å². The Labute approximate surface area is 156 Å². The number of guanidine groups is 1. The summed E-state index contributed by atoms with van der Waals surface area (Å²) in [7, 11) is 3.13. The lowest BCUT2D eigenvalue weighted by Gasteiger charge is -2.13. The van der Waals surface area contributed by atoms with E-state index in [1.807, 2.05) is 12.1 Å². The Hall–Kier alpha value is -2.35. The number of ether oxygens (including phenoxy) is 2. The zero-order valence-electron chi connectivity index (χ0n) is 14.8. The van der Waals surface area contributed by atoms with Crippen molar-refractivity contribution in [2.24, 2.45) is 4.99 Å². The molecule has 1 aromatic carbocycles. The van der Waals surface area contributed by atoms with E-state index in [1.165, 1.54) is 12.0 Å². The Balaban J connectivity index is 1.79. The van der Waals surface area contributed by atoms with Crippen molar-refractivity contribution in [3.8, 4) is 11.5 Å². The number of alkyl halides is 2. The average Bonchev–Trinajstić information content (AvgIpc) is 3.13. The van der Waals surface area contributed by atoms with Crippen molar-refractivity contribution in [1.29, 1.82) is 0 Å². The molecule has 2 aromatic rings. The highest BCUT2D eigenvalue weighted by Crippen LogP contribution is 2.29. The lowest BCUT2D eigenvalue weighted by Crippen LogP contribution is -2.39. The van der Waals surface area contributed by atoms with Gasteiger partial charge in [-0.15, -0.1) is 11.3 Å². The average molecular weight is 383 g/mol. The number of thiophene rings is 1. The Morgan fingerprint density at radius 3 is 2.54 bits per heavy atom. The van der Waals surface area contributed by atoms with Crippen LogP contribution in [0.5, 0.6) is 11.5 Å². The predicted octanol–water partition coefficient (Wildman–Crippen LogP) is 3.31. The minimum atomic E-state index is -2.89. The van der Waals surface area contributed by atoms with Gasteiger partial charge in [-0.3, -0.25) is 4.99 Å². The van der Waals surface area contributed by atoms with Gasteiger partial charge in [-0.25, -0.2) is 0 Å². The molecule has 0 atom stereocenters. The van der Waals surface area contributed by atoms with Crippen molar-refractivity contribution in [2.45, 2.75) is 19.5 Å². The molecule has 0 aliphatic carbocycles. The third-order valence-electron chi connectivity index (χ3n) is 3.62. The van der Waals surface area contributed by atoms with Gasteiger partial charge in [0, 0.05) is 25.0 Å². The summed E-state index contributed by atoms with van der Waals surface area (Å²) in [6.45, 7) is -1.49. The van der Waals surface area contributed by atoms with E-state index in [4.69, 9.17) is 4.74 Å². The first-order chi connectivity index (χ1) is 12.6. The van der Waals surface area contributed by atoms with E-state index in [-0.39, 0.29) is 11.5 Å². The molecule has 0 unspecified atom stereocenters. The number of halogens is 2. The highest BCUT2D eigenvalue weighted by Gasteiger charge is 2.11. The van der Waals surface area contributed by atoms with E-state index >= 15 is 0 Å². The van der Waals surface area contributed by atoms with Gasteiger partial charge in [0.15, 0.2) is 17.5 Å². The molecule has 0 spiro atoms. The largest absolute Gasteiger partial charge is 0.493 e. The van der Waals surface area contributed by atoms with E-state index in [9.17, 15) is 8.78 Å². The summed E-state index contributed by atoms with van der Waals surface area (Å²) in [6.07, 6.45) is 1.57. The van der Waals surface area contributed by atoms with Crippen LogP contribution in [0.1, 0.15) is 10.4 Å². The Morgan fingerprint density at radius 2 is 1.92 bits per heavy atom. The molecular formula is C18H23F2N3O2S. The van der Waals surface area contributed by atoms with Crippen molar-refractivity contribution in [3.05, 3.63) is 46.2 Å². The van der Waals surface area contributed by atoms with Crippen LogP contribution in [0.4, 0.5) is 8.78 Å². The summed E-state index contributed by atoms with van der Waals surface area (Å²) in [6, 6.07) is 9.16. The summed E-state index contributed by atoms with van der Waals surface area (Å²) in [4.78, 5) is 5.49. The van der Waals surface area contributed by atoms with E-state index < -0.39 is 6.61 Å². The molecule has 142 valence electrons.